The van der Waals surface area contributed by atoms with Gasteiger partial charge in [0.15, 0.2) is 0 Å². The van der Waals surface area contributed by atoms with Gasteiger partial charge in [0.25, 0.3) is 0 Å². The first-order chi connectivity index (χ1) is 8.26. The van der Waals surface area contributed by atoms with Crippen LogP contribution in [0.25, 0.3) is 0 Å². The molecule has 0 aliphatic heterocycles. The fraction of sp³-hybridized carbons (Fsp3) is 0.769. The van der Waals surface area contributed by atoms with Crippen LogP contribution < -0.4 is 0 Å². The van der Waals surface area contributed by atoms with Crippen LogP contribution in [0.15, 0.2) is 11.6 Å². The molecule has 0 spiro atoms. The van der Waals surface area contributed by atoms with Gasteiger partial charge in [0, 0.05) is 23.9 Å². The fourth-order valence-corrected chi connectivity index (χ4v) is 3.23. The van der Waals surface area contributed by atoms with E-state index in [9.17, 15) is 13.2 Å². The molecule has 0 heterocycles. The summed E-state index contributed by atoms with van der Waals surface area (Å²) < 4.78 is 22.7. The number of allylic oxidation sites excluding steroid dienone is 1. The molecule has 4 nitrogen and oxygen atoms in total. The average molecular weight is 273 g/mol. The summed E-state index contributed by atoms with van der Waals surface area (Å²) in [6.07, 6.45) is 5.90. The highest BCUT2D eigenvalue weighted by molar-refractivity contribution is 7.90. The molecular weight excluding hydrogens is 250 g/mol. The molecule has 18 heavy (non-hydrogen) atoms. The molecule has 1 atom stereocenters. The summed E-state index contributed by atoms with van der Waals surface area (Å²) in [5.41, 5.74) is 0.713. The first-order valence-corrected chi connectivity index (χ1v) is 8.49. The summed E-state index contributed by atoms with van der Waals surface area (Å²) in [5.74, 6) is 0.0183. The van der Waals surface area contributed by atoms with E-state index in [-0.39, 0.29) is 23.7 Å². The van der Waals surface area contributed by atoms with Gasteiger partial charge >= 0.3 is 0 Å². The van der Waals surface area contributed by atoms with Gasteiger partial charge in [-0.25, -0.2) is 8.42 Å². The highest BCUT2D eigenvalue weighted by Gasteiger charge is 2.36. The summed E-state index contributed by atoms with van der Waals surface area (Å²) in [7, 11) is -3.06. The van der Waals surface area contributed by atoms with Gasteiger partial charge in [-0.05, 0) is 33.1 Å². The monoisotopic (exact) mass is 273 g/mol. The van der Waals surface area contributed by atoms with Crippen LogP contribution in [0.1, 0.15) is 40.0 Å². The molecule has 1 fully saturated rings. The second-order valence-corrected chi connectivity index (χ2v) is 7.37. The third-order valence-corrected chi connectivity index (χ3v) is 4.13. The van der Waals surface area contributed by atoms with E-state index in [1.165, 1.54) is 6.26 Å². The van der Waals surface area contributed by atoms with Crippen LogP contribution in [0, 0.1) is 0 Å². The molecule has 0 aromatic rings. The lowest BCUT2D eigenvalue weighted by Gasteiger charge is -2.29. The van der Waals surface area contributed by atoms with Gasteiger partial charge < -0.3 is 4.90 Å². The Morgan fingerprint density at radius 1 is 1.44 bits per heavy atom. The van der Waals surface area contributed by atoms with E-state index in [1.54, 1.807) is 11.8 Å². The van der Waals surface area contributed by atoms with Crippen LogP contribution in [-0.4, -0.2) is 43.3 Å². The molecule has 0 aromatic carbocycles. The van der Waals surface area contributed by atoms with Crippen LogP contribution in [-0.2, 0) is 14.6 Å². The molecule has 1 aliphatic carbocycles. The molecule has 1 aliphatic rings. The molecular formula is C13H23NO3S. The Morgan fingerprint density at radius 2 is 2.00 bits per heavy atom. The Morgan fingerprint density at radius 3 is 2.39 bits per heavy atom. The van der Waals surface area contributed by atoms with E-state index in [0.717, 1.165) is 19.3 Å². The molecule has 1 rings (SSSR count). The largest absolute Gasteiger partial charge is 0.332 e. The van der Waals surface area contributed by atoms with Crippen molar-refractivity contribution in [1.82, 2.24) is 4.90 Å². The van der Waals surface area contributed by atoms with Crippen LogP contribution >= 0.6 is 0 Å². The molecule has 0 unspecified atom stereocenters. The number of carbonyl (C=O) groups excluding carboxylic acids is 1. The molecule has 0 N–H and O–H groups in total. The predicted octanol–water partition coefficient (Wildman–Crippen LogP) is 1.77. The Labute approximate surface area is 110 Å². The number of hydrogen-bond donors (Lipinski definition) is 0. The molecule has 5 heteroatoms. The fourth-order valence-electron chi connectivity index (χ4n) is 2.19. The van der Waals surface area contributed by atoms with Gasteiger partial charge in [-0.3, -0.25) is 4.79 Å². The van der Waals surface area contributed by atoms with E-state index in [2.05, 4.69) is 0 Å². The van der Waals surface area contributed by atoms with E-state index < -0.39 is 9.84 Å². The molecule has 0 bridgehead atoms. The lowest BCUT2D eigenvalue weighted by molar-refractivity contribution is -0.129. The topological polar surface area (TPSA) is 54.5 Å². The third kappa shape index (κ3) is 4.44. The van der Waals surface area contributed by atoms with Crippen molar-refractivity contribution in [1.29, 1.82) is 0 Å². The zero-order valence-electron chi connectivity index (χ0n) is 11.6. The molecule has 0 saturated heterocycles. The maximum atomic E-state index is 12.3. The SMILES string of the molecule is CC/C=C(\C)C(=O)N(C1CC1)[C@@H](C)CS(C)(=O)=O. The van der Waals surface area contributed by atoms with E-state index in [1.807, 2.05) is 19.9 Å². The van der Waals surface area contributed by atoms with Crippen molar-refractivity contribution in [3.05, 3.63) is 11.6 Å². The van der Waals surface area contributed by atoms with Crippen molar-refractivity contribution in [2.45, 2.75) is 52.1 Å². The summed E-state index contributed by atoms with van der Waals surface area (Å²) in [6.45, 7) is 5.60. The summed E-state index contributed by atoms with van der Waals surface area (Å²) >= 11 is 0. The number of nitrogens with zero attached hydrogens (tertiary/aromatic N) is 1. The smallest absolute Gasteiger partial charge is 0.249 e. The Bertz CT molecular complexity index is 435. The van der Waals surface area contributed by atoms with Crippen molar-refractivity contribution in [3.63, 3.8) is 0 Å². The van der Waals surface area contributed by atoms with Crippen LogP contribution in [0.2, 0.25) is 0 Å². The Hall–Kier alpha value is -0.840. The third-order valence-electron chi connectivity index (χ3n) is 3.04. The van der Waals surface area contributed by atoms with Crippen LogP contribution in [0.4, 0.5) is 0 Å². The maximum absolute atomic E-state index is 12.3. The predicted molar refractivity (Wildman–Crippen MR) is 73.1 cm³/mol. The first-order valence-electron chi connectivity index (χ1n) is 6.43. The van der Waals surface area contributed by atoms with E-state index in [0.29, 0.717) is 5.57 Å². The number of sulfone groups is 1. The maximum Gasteiger partial charge on any atom is 0.249 e. The normalized spacial score (nSPS) is 18.6. The van der Waals surface area contributed by atoms with Gasteiger partial charge in [-0.2, -0.15) is 0 Å². The summed E-state index contributed by atoms with van der Waals surface area (Å²) in [4.78, 5) is 14.1. The zero-order valence-corrected chi connectivity index (χ0v) is 12.5. The van der Waals surface area contributed by atoms with Crippen LogP contribution in [0.5, 0.6) is 0 Å². The number of rotatable bonds is 6. The van der Waals surface area contributed by atoms with Crippen molar-refractivity contribution in [2.75, 3.05) is 12.0 Å². The molecule has 1 saturated carbocycles. The average Bonchev–Trinajstić information content (AvgIpc) is 2.99. The molecule has 104 valence electrons. The number of amides is 1. The minimum Gasteiger partial charge on any atom is -0.332 e. The van der Waals surface area contributed by atoms with E-state index in [4.69, 9.17) is 0 Å². The first kappa shape index (κ1) is 15.2. The lowest BCUT2D eigenvalue weighted by Crippen LogP contribution is -2.44. The van der Waals surface area contributed by atoms with Crippen molar-refractivity contribution in [2.24, 2.45) is 0 Å². The number of hydrogen-bond acceptors (Lipinski definition) is 3. The van der Waals surface area contributed by atoms with Crippen LogP contribution in [0.3, 0.4) is 0 Å². The summed E-state index contributed by atoms with van der Waals surface area (Å²) in [6, 6.07) is -0.0188. The van der Waals surface area contributed by atoms with Gasteiger partial charge in [0.05, 0.1) is 5.75 Å². The van der Waals surface area contributed by atoms with Gasteiger partial charge in [0.1, 0.15) is 9.84 Å². The number of carbonyl (C=O) groups is 1. The van der Waals surface area contributed by atoms with Crippen molar-refractivity contribution >= 4 is 15.7 Å². The Balaban J connectivity index is 2.83. The Kier molecular flexibility index (Phi) is 4.96. The minimum absolute atomic E-state index is 0.0181. The van der Waals surface area contributed by atoms with Crippen molar-refractivity contribution in [3.8, 4) is 0 Å². The zero-order chi connectivity index (χ0) is 13.9. The highest BCUT2D eigenvalue weighted by Crippen LogP contribution is 2.30. The highest BCUT2D eigenvalue weighted by atomic mass is 32.2. The van der Waals surface area contributed by atoms with Gasteiger partial charge in [-0.1, -0.05) is 13.0 Å². The second-order valence-electron chi connectivity index (χ2n) is 5.18. The quantitative estimate of drug-likeness (QED) is 0.693. The minimum atomic E-state index is -3.06. The van der Waals surface area contributed by atoms with Gasteiger partial charge in [0.2, 0.25) is 5.91 Å². The standard InChI is InChI=1S/C13H23NO3S/c1-5-6-10(2)13(15)14(12-7-8-12)11(3)9-18(4,16)17/h6,11-12H,5,7-9H2,1-4H3/b10-6+/t11-/m0/s1. The molecule has 1 amide bonds. The second kappa shape index (κ2) is 5.87. The van der Waals surface area contributed by atoms with Crippen molar-refractivity contribution < 1.29 is 13.2 Å². The van der Waals surface area contributed by atoms with E-state index >= 15 is 0 Å². The molecule has 0 radical (unpaired) electrons. The summed E-state index contributed by atoms with van der Waals surface area (Å²) in [5, 5.41) is 0. The van der Waals surface area contributed by atoms with Gasteiger partial charge in [-0.15, -0.1) is 0 Å². The molecule has 0 aromatic heterocycles. The lowest BCUT2D eigenvalue weighted by atomic mass is 10.2.